The van der Waals surface area contributed by atoms with Gasteiger partial charge in [0.05, 0.1) is 18.2 Å². The minimum absolute atomic E-state index is 0.0770. The third-order valence-corrected chi connectivity index (χ3v) is 6.01. The van der Waals surface area contributed by atoms with E-state index in [9.17, 15) is 19.1 Å². The Morgan fingerprint density at radius 1 is 1.06 bits per heavy atom. The smallest absolute Gasteiger partial charge is 0.300 e. The maximum atomic E-state index is 13.7. The van der Waals surface area contributed by atoms with Crippen molar-refractivity contribution >= 4 is 34.7 Å². The summed E-state index contributed by atoms with van der Waals surface area (Å²) in [6.45, 7) is 6.48. The summed E-state index contributed by atoms with van der Waals surface area (Å²) >= 11 is 6.01. The van der Waals surface area contributed by atoms with Crippen LogP contribution in [0.2, 0.25) is 5.02 Å². The summed E-state index contributed by atoms with van der Waals surface area (Å²) in [5.74, 6) is -1.37. The van der Waals surface area contributed by atoms with Crippen molar-refractivity contribution in [3.05, 3.63) is 99.8 Å². The van der Waals surface area contributed by atoms with E-state index in [4.69, 9.17) is 16.3 Å². The SMILES string of the molecule is Cc1cc(/C(O)=C2/C(=O)C(=O)N(c3ccc(Cl)cc3)C2c2ccc(F)cc2)ccc1OCC(C)C. The summed E-state index contributed by atoms with van der Waals surface area (Å²) in [4.78, 5) is 27.7. The first-order chi connectivity index (χ1) is 16.7. The summed E-state index contributed by atoms with van der Waals surface area (Å²) in [7, 11) is 0. The van der Waals surface area contributed by atoms with E-state index in [1.165, 1.54) is 29.2 Å². The van der Waals surface area contributed by atoms with E-state index in [1.807, 2.05) is 20.8 Å². The molecule has 0 spiro atoms. The normalized spacial score (nSPS) is 17.3. The summed E-state index contributed by atoms with van der Waals surface area (Å²) in [5.41, 5.74) is 1.99. The quantitative estimate of drug-likeness (QED) is 0.243. The number of benzene rings is 3. The van der Waals surface area contributed by atoms with Gasteiger partial charge < -0.3 is 9.84 Å². The number of hydrogen-bond acceptors (Lipinski definition) is 4. The molecule has 1 heterocycles. The Kier molecular flexibility index (Phi) is 6.94. The fourth-order valence-electron chi connectivity index (χ4n) is 4.03. The first-order valence-corrected chi connectivity index (χ1v) is 11.6. The lowest BCUT2D eigenvalue weighted by Crippen LogP contribution is -2.29. The number of anilines is 1. The van der Waals surface area contributed by atoms with Crippen molar-refractivity contribution < 1.29 is 23.8 Å². The van der Waals surface area contributed by atoms with Gasteiger partial charge in [0.1, 0.15) is 17.3 Å². The average molecular weight is 494 g/mol. The molecule has 3 aromatic rings. The number of ether oxygens (including phenoxy) is 1. The first kappa shape index (κ1) is 24.5. The third-order valence-electron chi connectivity index (χ3n) is 5.76. The summed E-state index contributed by atoms with van der Waals surface area (Å²) < 4.78 is 19.5. The highest BCUT2D eigenvalue weighted by Crippen LogP contribution is 2.42. The zero-order valence-corrected chi connectivity index (χ0v) is 20.3. The first-order valence-electron chi connectivity index (χ1n) is 11.2. The predicted molar refractivity (Wildman–Crippen MR) is 134 cm³/mol. The second-order valence-corrected chi connectivity index (χ2v) is 9.32. The molecule has 0 aromatic heterocycles. The van der Waals surface area contributed by atoms with Gasteiger partial charge >= 0.3 is 0 Å². The van der Waals surface area contributed by atoms with Gasteiger partial charge in [0.25, 0.3) is 11.7 Å². The highest BCUT2D eigenvalue weighted by Gasteiger charge is 2.47. The highest BCUT2D eigenvalue weighted by atomic mass is 35.5. The fraction of sp³-hybridized carbons (Fsp3) is 0.214. The number of aliphatic hydroxyl groups excluding tert-OH is 1. The molecule has 3 aromatic carbocycles. The van der Waals surface area contributed by atoms with E-state index in [0.717, 1.165) is 5.56 Å². The number of aryl methyl sites for hydroxylation is 1. The van der Waals surface area contributed by atoms with Crippen LogP contribution >= 0.6 is 11.6 Å². The van der Waals surface area contributed by atoms with Crippen LogP contribution < -0.4 is 9.64 Å². The molecule has 0 aliphatic carbocycles. The molecule has 1 aliphatic rings. The minimum atomic E-state index is -0.950. The molecular formula is C28H25ClFNO4. The molecule has 0 saturated carbocycles. The number of aliphatic hydroxyl groups is 1. The number of nitrogens with zero attached hydrogens (tertiary/aromatic N) is 1. The van der Waals surface area contributed by atoms with Crippen LogP contribution in [0, 0.1) is 18.7 Å². The van der Waals surface area contributed by atoms with Gasteiger partial charge in [0, 0.05) is 16.3 Å². The Bertz CT molecular complexity index is 1300. The van der Waals surface area contributed by atoms with Crippen LogP contribution in [0.15, 0.2) is 72.3 Å². The molecule has 5 nitrogen and oxygen atoms in total. The number of halogens is 2. The van der Waals surface area contributed by atoms with Crippen LogP contribution in [0.25, 0.3) is 5.76 Å². The van der Waals surface area contributed by atoms with Crippen molar-refractivity contribution in [3.8, 4) is 5.75 Å². The molecule has 35 heavy (non-hydrogen) atoms. The molecule has 0 bridgehead atoms. The van der Waals surface area contributed by atoms with Crippen LogP contribution in [0.3, 0.4) is 0 Å². The van der Waals surface area contributed by atoms with E-state index >= 15 is 0 Å². The molecule has 1 fully saturated rings. The summed E-state index contributed by atoms with van der Waals surface area (Å²) in [6, 6.07) is 16.1. The number of Topliss-reactive ketones (excluding diaryl/α,β-unsaturated/α-hetero) is 1. The van der Waals surface area contributed by atoms with Crippen molar-refractivity contribution in [1.82, 2.24) is 0 Å². The van der Waals surface area contributed by atoms with Gasteiger partial charge in [-0.3, -0.25) is 14.5 Å². The van der Waals surface area contributed by atoms with Gasteiger partial charge in [-0.05, 0) is 78.6 Å². The van der Waals surface area contributed by atoms with Gasteiger partial charge in [0.2, 0.25) is 0 Å². The number of rotatable bonds is 6. The number of carbonyl (C=O) groups is 2. The number of ketones is 1. The highest BCUT2D eigenvalue weighted by molar-refractivity contribution is 6.51. The molecule has 1 N–H and O–H groups in total. The van der Waals surface area contributed by atoms with Crippen LogP contribution in [0.5, 0.6) is 5.75 Å². The molecule has 0 radical (unpaired) electrons. The van der Waals surface area contributed by atoms with E-state index < -0.39 is 23.5 Å². The zero-order chi connectivity index (χ0) is 25.3. The molecule has 1 unspecified atom stereocenters. The Labute approximate surface area is 208 Å². The van der Waals surface area contributed by atoms with Gasteiger partial charge in [-0.15, -0.1) is 0 Å². The lowest BCUT2D eigenvalue weighted by Gasteiger charge is -2.25. The Morgan fingerprint density at radius 2 is 1.71 bits per heavy atom. The number of carbonyl (C=O) groups excluding carboxylic acids is 2. The molecule has 180 valence electrons. The average Bonchev–Trinajstić information content (AvgIpc) is 3.09. The lowest BCUT2D eigenvalue weighted by atomic mass is 9.94. The molecule has 1 amide bonds. The van der Waals surface area contributed by atoms with E-state index in [-0.39, 0.29) is 11.3 Å². The third kappa shape index (κ3) is 4.93. The van der Waals surface area contributed by atoms with Crippen LogP contribution in [-0.2, 0) is 9.59 Å². The number of hydrogen-bond donors (Lipinski definition) is 1. The standard InChI is InChI=1S/C28H25ClFNO4/c1-16(2)15-35-23-13-6-19(14-17(23)3)26(32)24-25(18-4-9-21(30)10-5-18)31(28(34)27(24)33)22-11-7-20(29)8-12-22/h4-14,16,25,32H,15H2,1-3H3/b26-24-. The molecule has 1 atom stereocenters. The van der Waals surface area contributed by atoms with Crippen molar-refractivity contribution in [2.45, 2.75) is 26.8 Å². The zero-order valence-electron chi connectivity index (χ0n) is 19.6. The van der Waals surface area contributed by atoms with Crippen LogP contribution in [0.4, 0.5) is 10.1 Å². The van der Waals surface area contributed by atoms with Gasteiger partial charge in [-0.25, -0.2) is 4.39 Å². The second kappa shape index (κ2) is 9.92. The minimum Gasteiger partial charge on any atom is -0.507 e. The largest absolute Gasteiger partial charge is 0.507 e. The Balaban J connectivity index is 1.84. The maximum Gasteiger partial charge on any atom is 0.300 e. The van der Waals surface area contributed by atoms with E-state index in [1.54, 1.807) is 42.5 Å². The van der Waals surface area contributed by atoms with Crippen molar-refractivity contribution in [2.75, 3.05) is 11.5 Å². The second-order valence-electron chi connectivity index (χ2n) is 8.88. The fourth-order valence-corrected chi connectivity index (χ4v) is 4.16. The predicted octanol–water partition coefficient (Wildman–Crippen LogP) is 6.45. The van der Waals surface area contributed by atoms with Gasteiger partial charge in [0.15, 0.2) is 0 Å². The summed E-state index contributed by atoms with van der Waals surface area (Å²) in [5, 5.41) is 11.8. The molecule has 4 rings (SSSR count). The summed E-state index contributed by atoms with van der Waals surface area (Å²) in [6.07, 6.45) is 0. The molecule has 7 heteroatoms. The number of amides is 1. The molecule has 1 aliphatic heterocycles. The van der Waals surface area contributed by atoms with Crippen molar-refractivity contribution in [2.24, 2.45) is 5.92 Å². The van der Waals surface area contributed by atoms with Crippen molar-refractivity contribution in [3.63, 3.8) is 0 Å². The molecule has 1 saturated heterocycles. The maximum absolute atomic E-state index is 13.7. The Hall–Kier alpha value is -3.64. The van der Waals surface area contributed by atoms with Gasteiger partial charge in [-0.1, -0.05) is 37.6 Å². The van der Waals surface area contributed by atoms with Crippen molar-refractivity contribution in [1.29, 1.82) is 0 Å². The lowest BCUT2D eigenvalue weighted by molar-refractivity contribution is -0.132. The topological polar surface area (TPSA) is 66.8 Å². The van der Waals surface area contributed by atoms with E-state index in [0.29, 0.717) is 40.1 Å². The molecular weight excluding hydrogens is 469 g/mol. The van der Waals surface area contributed by atoms with Crippen LogP contribution in [-0.4, -0.2) is 23.4 Å². The Morgan fingerprint density at radius 3 is 2.31 bits per heavy atom. The van der Waals surface area contributed by atoms with Gasteiger partial charge in [-0.2, -0.15) is 0 Å². The monoisotopic (exact) mass is 493 g/mol. The van der Waals surface area contributed by atoms with Crippen LogP contribution in [0.1, 0.15) is 36.6 Å². The van der Waals surface area contributed by atoms with E-state index in [2.05, 4.69) is 0 Å².